The molecule has 32 heavy (non-hydrogen) atoms. The van der Waals surface area contributed by atoms with Gasteiger partial charge in [-0.1, -0.05) is 48.5 Å². The number of aryl methyl sites for hydroxylation is 1. The van der Waals surface area contributed by atoms with Crippen LogP contribution in [0.2, 0.25) is 0 Å². The zero-order chi connectivity index (χ0) is 21.9. The minimum atomic E-state index is 0.205. The van der Waals surface area contributed by atoms with E-state index in [9.17, 15) is 4.79 Å². The standard InChI is InChI=1S/C28H29N3O/c1-20-14-22(15-21-8-3-2-4-9-21)16-27(30-20)23-10-7-13-31(19-23)28(32)17-24-18-29-26-12-6-5-11-25(24)26/h2-6,8-9,11-12,14,16,18,23,29H,7,10,13,15,17,19H2,1H3. The van der Waals surface area contributed by atoms with Gasteiger partial charge in [-0.15, -0.1) is 0 Å². The number of likely N-dealkylation sites (tertiary alicyclic amines) is 1. The lowest BCUT2D eigenvalue weighted by molar-refractivity contribution is -0.131. The Kier molecular flexibility index (Phi) is 5.76. The number of amides is 1. The van der Waals surface area contributed by atoms with Crippen molar-refractivity contribution in [1.29, 1.82) is 0 Å². The van der Waals surface area contributed by atoms with Gasteiger partial charge in [0.1, 0.15) is 0 Å². The number of hydrogen-bond donors (Lipinski definition) is 1. The Hall–Kier alpha value is -3.40. The van der Waals surface area contributed by atoms with Crippen molar-refractivity contribution in [1.82, 2.24) is 14.9 Å². The van der Waals surface area contributed by atoms with Crippen LogP contribution in [0.5, 0.6) is 0 Å². The molecule has 2 aromatic heterocycles. The van der Waals surface area contributed by atoms with E-state index in [1.54, 1.807) is 0 Å². The number of aromatic amines is 1. The Morgan fingerprint density at radius 3 is 2.75 bits per heavy atom. The minimum Gasteiger partial charge on any atom is -0.361 e. The number of benzene rings is 2. The highest BCUT2D eigenvalue weighted by molar-refractivity contribution is 5.88. The molecule has 4 heteroatoms. The van der Waals surface area contributed by atoms with Crippen molar-refractivity contribution in [2.24, 2.45) is 0 Å². The van der Waals surface area contributed by atoms with Crippen LogP contribution in [0.4, 0.5) is 0 Å². The second-order valence-electron chi connectivity index (χ2n) is 8.92. The third-order valence-corrected chi connectivity index (χ3v) is 6.49. The van der Waals surface area contributed by atoms with Gasteiger partial charge in [-0.25, -0.2) is 0 Å². The molecule has 1 amide bonds. The maximum Gasteiger partial charge on any atom is 0.227 e. The molecule has 2 aromatic carbocycles. The average Bonchev–Trinajstić information content (AvgIpc) is 3.22. The number of piperidine rings is 1. The minimum absolute atomic E-state index is 0.205. The molecule has 5 rings (SSSR count). The number of para-hydroxylation sites is 1. The molecule has 1 atom stereocenters. The van der Waals surface area contributed by atoms with E-state index < -0.39 is 0 Å². The van der Waals surface area contributed by atoms with Crippen molar-refractivity contribution in [2.75, 3.05) is 13.1 Å². The Morgan fingerprint density at radius 1 is 1.06 bits per heavy atom. The van der Waals surface area contributed by atoms with Gasteiger partial charge < -0.3 is 9.88 Å². The molecule has 162 valence electrons. The molecule has 0 radical (unpaired) electrons. The van der Waals surface area contributed by atoms with Crippen molar-refractivity contribution in [3.63, 3.8) is 0 Å². The number of hydrogen-bond acceptors (Lipinski definition) is 2. The largest absolute Gasteiger partial charge is 0.361 e. The predicted molar refractivity (Wildman–Crippen MR) is 129 cm³/mol. The van der Waals surface area contributed by atoms with Crippen molar-refractivity contribution < 1.29 is 4.79 Å². The first-order valence-corrected chi connectivity index (χ1v) is 11.5. The summed E-state index contributed by atoms with van der Waals surface area (Å²) >= 11 is 0. The normalized spacial score (nSPS) is 16.4. The van der Waals surface area contributed by atoms with E-state index in [0.717, 1.165) is 60.2 Å². The third kappa shape index (κ3) is 4.45. The van der Waals surface area contributed by atoms with Crippen molar-refractivity contribution in [3.05, 3.63) is 101 Å². The second kappa shape index (κ2) is 8.99. The number of nitrogens with zero attached hydrogens (tertiary/aromatic N) is 2. The highest BCUT2D eigenvalue weighted by atomic mass is 16.2. The summed E-state index contributed by atoms with van der Waals surface area (Å²) in [6.07, 6.45) is 5.43. The molecule has 1 fully saturated rings. The lowest BCUT2D eigenvalue weighted by atomic mass is 9.92. The van der Waals surface area contributed by atoms with E-state index in [4.69, 9.17) is 4.98 Å². The van der Waals surface area contributed by atoms with Gasteiger partial charge in [0, 0.05) is 47.5 Å². The molecule has 1 saturated heterocycles. The van der Waals surface area contributed by atoms with Crippen LogP contribution in [0, 0.1) is 6.92 Å². The molecule has 4 nitrogen and oxygen atoms in total. The van der Waals surface area contributed by atoms with Crippen LogP contribution in [0.25, 0.3) is 10.9 Å². The molecule has 1 unspecified atom stereocenters. The van der Waals surface area contributed by atoms with Gasteiger partial charge in [0.25, 0.3) is 0 Å². The number of carbonyl (C=O) groups is 1. The van der Waals surface area contributed by atoms with Crippen molar-refractivity contribution >= 4 is 16.8 Å². The first kappa shape index (κ1) is 20.5. The highest BCUT2D eigenvalue weighted by Crippen LogP contribution is 2.28. The van der Waals surface area contributed by atoms with Gasteiger partial charge in [0.05, 0.1) is 6.42 Å². The van der Waals surface area contributed by atoms with E-state index in [1.807, 2.05) is 23.2 Å². The molecule has 1 N–H and O–H groups in total. The molecule has 0 aliphatic carbocycles. The summed E-state index contributed by atoms with van der Waals surface area (Å²) in [5.74, 6) is 0.502. The van der Waals surface area contributed by atoms with Crippen LogP contribution < -0.4 is 0 Å². The van der Waals surface area contributed by atoms with Crippen LogP contribution in [-0.2, 0) is 17.6 Å². The smallest absolute Gasteiger partial charge is 0.227 e. The number of H-pyrrole nitrogens is 1. The lowest BCUT2D eigenvalue weighted by Crippen LogP contribution is -2.40. The highest BCUT2D eigenvalue weighted by Gasteiger charge is 2.26. The van der Waals surface area contributed by atoms with E-state index in [2.05, 4.69) is 66.5 Å². The molecule has 0 saturated carbocycles. The second-order valence-corrected chi connectivity index (χ2v) is 8.92. The van der Waals surface area contributed by atoms with Gasteiger partial charge in [-0.05, 0) is 61.1 Å². The van der Waals surface area contributed by atoms with Crippen molar-refractivity contribution in [2.45, 2.75) is 38.5 Å². The third-order valence-electron chi connectivity index (χ3n) is 6.49. The van der Waals surface area contributed by atoms with E-state index >= 15 is 0 Å². The number of pyridine rings is 1. The van der Waals surface area contributed by atoms with E-state index in [-0.39, 0.29) is 5.91 Å². The number of fused-ring (bicyclic) bond motifs is 1. The summed E-state index contributed by atoms with van der Waals surface area (Å²) in [6.45, 7) is 3.66. The number of aromatic nitrogens is 2. The first-order valence-electron chi connectivity index (χ1n) is 11.5. The topological polar surface area (TPSA) is 49.0 Å². The van der Waals surface area contributed by atoms with Crippen LogP contribution in [0.1, 0.15) is 46.8 Å². The molecule has 1 aliphatic rings. The number of nitrogens with one attached hydrogen (secondary N) is 1. The van der Waals surface area contributed by atoms with Crippen molar-refractivity contribution in [3.8, 4) is 0 Å². The van der Waals surface area contributed by atoms with Crippen LogP contribution in [0.15, 0.2) is 72.9 Å². The Morgan fingerprint density at radius 2 is 1.88 bits per heavy atom. The summed E-state index contributed by atoms with van der Waals surface area (Å²) in [4.78, 5) is 23.3. The van der Waals surface area contributed by atoms with Gasteiger partial charge in [-0.2, -0.15) is 0 Å². The Balaban J connectivity index is 1.31. The quantitative estimate of drug-likeness (QED) is 0.466. The van der Waals surface area contributed by atoms with Crippen LogP contribution in [0.3, 0.4) is 0 Å². The zero-order valence-corrected chi connectivity index (χ0v) is 18.6. The maximum atomic E-state index is 13.2. The molecule has 4 aromatic rings. The number of rotatable bonds is 5. The molecular formula is C28H29N3O. The molecule has 1 aliphatic heterocycles. The van der Waals surface area contributed by atoms with Gasteiger partial charge in [0.2, 0.25) is 5.91 Å². The Bertz CT molecular complexity index is 1230. The average molecular weight is 424 g/mol. The fourth-order valence-electron chi connectivity index (χ4n) is 4.91. The fraction of sp³-hybridized carbons (Fsp3) is 0.286. The van der Waals surface area contributed by atoms with Gasteiger partial charge >= 0.3 is 0 Å². The van der Waals surface area contributed by atoms with Gasteiger partial charge in [0.15, 0.2) is 0 Å². The summed E-state index contributed by atoms with van der Waals surface area (Å²) in [6, 6.07) is 23.2. The summed E-state index contributed by atoms with van der Waals surface area (Å²) in [5, 5.41) is 1.14. The monoisotopic (exact) mass is 423 g/mol. The molecular weight excluding hydrogens is 394 g/mol. The predicted octanol–water partition coefficient (Wildman–Crippen LogP) is 5.41. The first-order chi connectivity index (χ1) is 15.7. The molecule has 3 heterocycles. The molecule has 0 bridgehead atoms. The van der Waals surface area contributed by atoms with Crippen LogP contribution >= 0.6 is 0 Å². The summed E-state index contributed by atoms with van der Waals surface area (Å²) in [5.41, 5.74) is 6.94. The zero-order valence-electron chi connectivity index (χ0n) is 18.6. The van der Waals surface area contributed by atoms with E-state index in [1.165, 1.54) is 11.1 Å². The van der Waals surface area contributed by atoms with E-state index in [0.29, 0.717) is 12.3 Å². The number of carbonyl (C=O) groups excluding carboxylic acids is 1. The SMILES string of the molecule is Cc1cc(Cc2ccccc2)cc(C2CCCN(C(=O)Cc3c[nH]c4ccccc34)C2)n1. The van der Waals surface area contributed by atoms with Crippen LogP contribution in [-0.4, -0.2) is 33.9 Å². The maximum absolute atomic E-state index is 13.2. The fourth-order valence-corrected chi connectivity index (χ4v) is 4.91. The van der Waals surface area contributed by atoms with Gasteiger partial charge in [-0.3, -0.25) is 9.78 Å². The lowest BCUT2D eigenvalue weighted by Gasteiger charge is -2.33. The Labute approximate surface area is 189 Å². The summed E-state index contributed by atoms with van der Waals surface area (Å²) in [7, 11) is 0. The molecule has 0 spiro atoms. The summed E-state index contributed by atoms with van der Waals surface area (Å²) < 4.78 is 0.